The molecule has 0 spiro atoms. The summed E-state index contributed by atoms with van der Waals surface area (Å²) in [5.74, 6) is -0.971. The van der Waals surface area contributed by atoms with E-state index >= 15 is 0 Å². The lowest BCUT2D eigenvalue weighted by Gasteiger charge is -2.13. The van der Waals surface area contributed by atoms with Crippen molar-refractivity contribution in [3.63, 3.8) is 0 Å². The second-order valence-electron chi connectivity index (χ2n) is 4.78. The number of nitrogens with one attached hydrogen (secondary N) is 4. The van der Waals surface area contributed by atoms with E-state index in [4.69, 9.17) is 47.6 Å². The van der Waals surface area contributed by atoms with Gasteiger partial charge in [0.05, 0.1) is 21.2 Å². The second kappa shape index (κ2) is 9.44. The number of amides is 2. The number of thiocarbonyl (C=S) groups is 2. The van der Waals surface area contributed by atoms with Crippen LogP contribution < -0.4 is 21.5 Å². The maximum absolute atomic E-state index is 12.1. The molecule has 2 rings (SSSR count). The minimum absolute atomic E-state index is 0.0516. The van der Waals surface area contributed by atoms with Crippen molar-refractivity contribution >= 4 is 69.7 Å². The number of hydrogen-bond acceptors (Lipinski definition) is 4. The van der Waals surface area contributed by atoms with E-state index in [0.29, 0.717) is 10.0 Å². The number of halogens is 2. The van der Waals surface area contributed by atoms with Crippen LogP contribution in [0.4, 0.5) is 0 Å². The summed E-state index contributed by atoms with van der Waals surface area (Å²) in [5.41, 5.74) is 5.53. The zero-order chi connectivity index (χ0) is 19.1. The smallest absolute Gasteiger partial charge is 0.258 e. The van der Waals surface area contributed by atoms with Gasteiger partial charge in [0.2, 0.25) is 0 Å². The van der Waals surface area contributed by atoms with E-state index < -0.39 is 11.8 Å². The van der Waals surface area contributed by atoms with E-state index in [1.165, 1.54) is 0 Å². The Morgan fingerprint density at radius 2 is 1.04 bits per heavy atom. The molecule has 0 aromatic heterocycles. The minimum Gasteiger partial charge on any atom is -0.298 e. The highest BCUT2D eigenvalue weighted by molar-refractivity contribution is 7.80. The van der Waals surface area contributed by atoms with E-state index in [-0.39, 0.29) is 21.4 Å². The van der Waals surface area contributed by atoms with Crippen LogP contribution in [0, 0.1) is 0 Å². The fraction of sp³-hybridized carbons (Fsp3) is 0. The summed E-state index contributed by atoms with van der Waals surface area (Å²) in [6.07, 6.45) is 0. The molecule has 0 bridgehead atoms. The van der Waals surface area contributed by atoms with E-state index in [9.17, 15) is 9.59 Å². The van der Waals surface area contributed by atoms with Gasteiger partial charge in [-0.15, -0.1) is 0 Å². The van der Waals surface area contributed by atoms with Gasteiger partial charge in [-0.1, -0.05) is 47.5 Å². The van der Waals surface area contributed by atoms with E-state index in [1.807, 2.05) is 0 Å². The van der Waals surface area contributed by atoms with E-state index in [2.05, 4.69) is 21.5 Å². The molecule has 0 saturated carbocycles. The lowest BCUT2D eigenvalue weighted by molar-refractivity contribution is 0.0966. The second-order valence-corrected chi connectivity index (χ2v) is 6.41. The fourth-order valence-electron chi connectivity index (χ4n) is 1.81. The third-order valence-electron chi connectivity index (χ3n) is 2.98. The lowest BCUT2D eigenvalue weighted by Crippen LogP contribution is -2.52. The summed E-state index contributed by atoms with van der Waals surface area (Å²) in [4.78, 5) is 24.1. The van der Waals surface area contributed by atoms with Crippen LogP contribution in [0.5, 0.6) is 0 Å². The summed E-state index contributed by atoms with van der Waals surface area (Å²) in [6, 6.07) is 13.1. The van der Waals surface area contributed by atoms with Gasteiger partial charge in [0.25, 0.3) is 11.8 Å². The Bertz CT molecular complexity index is 805. The molecule has 26 heavy (non-hydrogen) atoms. The summed E-state index contributed by atoms with van der Waals surface area (Å²) >= 11 is 21.8. The predicted octanol–water partition coefficient (Wildman–Crippen LogP) is 2.82. The number of hydrazine groups is 1. The van der Waals surface area contributed by atoms with Gasteiger partial charge >= 0.3 is 0 Å². The fourth-order valence-corrected chi connectivity index (χ4v) is 2.54. The Labute approximate surface area is 170 Å². The highest BCUT2D eigenvalue weighted by atomic mass is 35.5. The predicted molar refractivity (Wildman–Crippen MR) is 109 cm³/mol. The van der Waals surface area contributed by atoms with E-state index in [1.54, 1.807) is 48.5 Å². The van der Waals surface area contributed by atoms with Crippen LogP contribution in [-0.4, -0.2) is 22.0 Å². The van der Waals surface area contributed by atoms with Crippen LogP contribution in [0.2, 0.25) is 10.0 Å². The maximum Gasteiger partial charge on any atom is 0.258 e. The van der Waals surface area contributed by atoms with Gasteiger partial charge in [0.1, 0.15) is 0 Å². The Hall–Kier alpha value is -2.26. The molecule has 2 amide bonds. The Morgan fingerprint density at radius 3 is 1.38 bits per heavy atom. The maximum atomic E-state index is 12.1. The average molecular weight is 427 g/mol. The van der Waals surface area contributed by atoms with Gasteiger partial charge in [-0.2, -0.15) is 0 Å². The van der Waals surface area contributed by atoms with Gasteiger partial charge < -0.3 is 0 Å². The molecule has 0 unspecified atom stereocenters. The number of carbonyl (C=O) groups is 2. The molecule has 6 nitrogen and oxygen atoms in total. The van der Waals surface area contributed by atoms with E-state index in [0.717, 1.165) is 0 Å². The number of benzene rings is 2. The third-order valence-corrected chi connectivity index (χ3v) is 4.05. The standard InChI is InChI=1S/C16H12Cl2N4O2S2/c17-11-7-3-1-5-9(11)13(23)19-15(25)21-22-16(26)20-14(24)10-6-2-4-8-12(10)18/h1-8H,(H2,19,21,23,25)(H2,20,22,24,26). The molecule has 134 valence electrons. The number of rotatable bonds is 2. The summed E-state index contributed by atoms with van der Waals surface area (Å²) in [7, 11) is 0. The number of carbonyl (C=O) groups excluding carboxylic acids is 2. The average Bonchev–Trinajstić information content (AvgIpc) is 2.60. The molecule has 0 aliphatic heterocycles. The zero-order valence-corrected chi connectivity index (χ0v) is 16.2. The van der Waals surface area contributed by atoms with Crippen LogP contribution >= 0.6 is 47.6 Å². The Kier molecular flexibility index (Phi) is 7.28. The van der Waals surface area contributed by atoms with Crippen LogP contribution in [-0.2, 0) is 0 Å². The summed E-state index contributed by atoms with van der Waals surface area (Å²) in [5, 5.41) is 5.34. The SMILES string of the molecule is O=C(NC(=S)NNC(=S)NC(=O)c1ccccc1Cl)c1ccccc1Cl. The lowest BCUT2D eigenvalue weighted by atomic mass is 10.2. The van der Waals surface area contributed by atoms with Gasteiger partial charge in [-0.3, -0.25) is 31.1 Å². The van der Waals surface area contributed by atoms with Crippen molar-refractivity contribution in [2.45, 2.75) is 0 Å². The Morgan fingerprint density at radius 1 is 0.692 bits per heavy atom. The van der Waals surface area contributed by atoms with Crippen LogP contribution in [0.1, 0.15) is 20.7 Å². The van der Waals surface area contributed by atoms with Gasteiger partial charge in [-0.05, 0) is 48.7 Å². The van der Waals surface area contributed by atoms with Crippen molar-refractivity contribution in [1.29, 1.82) is 0 Å². The minimum atomic E-state index is -0.485. The largest absolute Gasteiger partial charge is 0.298 e. The molecule has 0 saturated heterocycles. The first-order valence-corrected chi connectivity index (χ1v) is 8.67. The molecule has 2 aromatic carbocycles. The first kappa shape index (κ1) is 20.1. The monoisotopic (exact) mass is 426 g/mol. The first-order valence-electron chi connectivity index (χ1n) is 7.10. The normalized spacial score (nSPS) is 9.77. The van der Waals surface area contributed by atoms with Crippen LogP contribution in [0.3, 0.4) is 0 Å². The molecule has 0 aliphatic carbocycles. The molecular formula is C16H12Cl2N4O2S2. The van der Waals surface area contributed by atoms with Crippen molar-refractivity contribution in [1.82, 2.24) is 21.5 Å². The van der Waals surface area contributed by atoms with Gasteiger partial charge in [0, 0.05) is 0 Å². The van der Waals surface area contributed by atoms with Crippen molar-refractivity contribution in [3.8, 4) is 0 Å². The molecule has 4 N–H and O–H groups in total. The zero-order valence-electron chi connectivity index (χ0n) is 13.0. The van der Waals surface area contributed by atoms with Crippen molar-refractivity contribution in [2.24, 2.45) is 0 Å². The molecule has 0 radical (unpaired) electrons. The highest BCUT2D eigenvalue weighted by Crippen LogP contribution is 2.15. The quantitative estimate of drug-likeness (QED) is 0.436. The molecule has 0 atom stereocenters. The third kappa shape index (κ3) is 5.63. The van der Waals surface area contributed by atoms with Gasteiger partial charge in [0.15, 0.2) is 10.2 Å². The highest BCUT2D eigenvalue weighted by Gasteiger charge is 2.13. The van der Waals surface area contributed by atoms with Crippen LogP contribution in [0.25, 0.3) is 0 Å². The summed E-state index contributed by atoms with van der Waals surface area (Å²) in [6.45, 7) is 0. The first-order chi connectivity index (χ1) is 12.4. The summed E-state index contributed by atoms with van der Waals surface area (Å²) < 4.78 is 0. The molecule has 0 aliphatic rings. The molecule has 0 heterocycles. The molecular weight excluding hydrogens is 415 g/mol. The van der Waals surface area contributed by atoms with Crippen molar-refractivity contribution in [3.05, 3.63) is 69.7 Å². The van der Waals surface area contributed by atoms with Gasteiger partial charge in [-0.25, -0.2) is 0 Å². The molecule has 10 heteroatoms. The molecule has 0 fully saturated rings. The van der Waals surface area contributed by atoms with Crippen molar-refractivity contribution in [2.75, 3.05) is 0 Å². The Balaban J connectivity index is 1.83. The van der Waals surface area contributed by atoms with Crippen molar-refractivity contribution < 1.29 is 9.59 Å². The molecule has 2 aromatic rings. The number of hydrogen-bond donors (Lipinski definition) is 4. The van der Waals surface area contributed by atoms with Crippen LogP contribution in [0.15, 0.2) is 48.5 Å². The topological polar surface area (TPSA) is 82.3 Å².